The molecule has 0 aromatic carbocycles. The van der Waals surface area contributed by atoms with Gasteiger partial charge in [0.15, 0.2) is 10.8 Å². The number of hydrogen-bond acceptors (Lipinski definition) is 4. The van der Waals surface area contributed by atoms with Crippen molar-refractivity contribution in [3.05, 3.63) is 5.69 Å². The molecule has 0 aliphatic rings. The molecule has 2 heterocycles. The van der Waals surface area contributed by atoms with Crippen molar-refractivity contribution < 1.29 is 23.1 Å². The summed E-state index contributed by atoms with van der Waals surface area (Å²) in [5.41, 5.74) is 1.22. The van der Waals surface area contributed by atoms with E-state index < -0.39 is 18.7 Å². The minimum Gasteiger partial charge on any atom is -0.481 e. The summed E-state index contributed by atoms with van der Waals surface area (Å²) >= 11 is 0.765. The third-order valence-corrected chi connectivity index (χ3v) is 3.71. The average molecular weight is 322 g/mol. The highest BCUT2D eigenvalue weighted by Gasteiger charge is 2.32. The molecule has 0 aliphatic carbocycles. The van der Waals surface area contributed by atoms with Crippen LogP contribution < -0.4 is 0 Å². The number of alkyl halides is 3. The molecule has 21 heavy (non-hydrogen) atoms. The Labute approximate surface area is 121 Å². The van der Waals surface area contributed by atoms with Crippen LogP contribution in [-0.4, -0.2) is 42.3 Å². The van der Waals surface area contributed by atoms with E-state index in [0.29, 0.717) is 17.6 Å². The predicted molar refractivity (Wildman–Crippen MR) is 70.3 cm³/mol. The standard InChI is InChI=1S/C11H13F3N4O2S/c1-3-6-8-9(17(2)16-6)18(5-11(12,13)14)10(15-8)21-4-7(19)20/h3-5H2,1-2H3,(H,19,20). The molecular weight excluding hydrogens is 309 g/mol. The normalized spacial score (nSPS) is 12.2. The van der Waals surface area contributed by atoms with Crippen molar-refractivity contribution in [1.82, 2.24) is 19.3 Å². The van der Waals surface area contributed by atoms with Gasteiger partial charge in [-0.2, -0.15) is 18.3 Å². The number of halogens is 3. The third kappa shape index (κ3) is 3.31. The molecule has 0 aliphatic heterocycles. The topological polar surface area (TPSA) is 72.9 Å². The third-order valence-electron chi connectivity index (χ3n) is 2.75. The lowest BCUT2D eigenvalue weighted by Crippen LogP contribution is -2.19. The Morgan fingerprint density at radius 2 is 2.10 bits per heavy atom. The first kappa shape index (κ1) is 15.7. The van der Waals surface area contributed by atoms with Crippen LogP contribution in [-0.2, 0) is 24.8 Å². The SMILES string of the molecule is CCc1nn(C)c2c1nc(SCC(=O)O)n2CC(F)(F)F. The van der Waals surface area contributed by atoms with Crippen LogP contribution in [0.15, 0.2) is 5.16 Å². The van der Waals surface area contributed by atoms with Gasteiger partial charge in [-0.15, -0.1) is 0 Å². The summed E-state index contributed by atoms with van der Waals surface area (Å²) in [6, 6.07) is 0. The fourth-order valence-corrected chi connectivity index (χ4v) is 2.73. The molecule has 116 valence electrons. The van der Waals surface area contributed by atoms with Gasteiger partial charge in [0.05, 0.1) is 11.4 Å². The van der Waals surface area contributed by atoms with Gasteiger partial charge in [0, 0.05) is 7.05 Å². The Bertz CT molecular complexity index is 677. The van der Waals surface area contributed by atoms with Gasteiger partial charge in [0.2, 0.25) is 0 Å². The summed E-state index contributed by atoms with van der Waals surface area (Å²) in [6.45, 7) is 0.600. The maximum absolute atomic E-state index is 12.7. The van der Waals surface area contributed by atoms with Crippen molar-refractivity contribution in [2.45, 2.75) is 31.2 Å². The molecule has 0 amide bonds. The molecule has 1 N–H and O–H groups in total. The molecule has 0 saturated carbocycles. The number of carboxylic acid groups (broad SMARTS) is 1. The second-order valence-corrected chi connectivity index (χ2v) is 5.32. The number of aromatic nitrogens is 4. The van der Waals surface area contributed by atoms with E-state index in [0.717, 1.165) is 16.3 Å². The second-order valence-electron chi connectivity index (χ2n) is 4.37. The van der Waals surface area contributed by atoms with E-state index in [-0.39, 0.29) is 16.6 Å². The van der Waals surface area contributed by atoms with Crippen molar-refractivity contribution in [3.8, 4) is 0 Å². The smallest absolute Gasteiger partial charge is 0.406 e. The molecule has 10 heteroatoms. The number of hydrogen-bond donors (Lipinski definition) is 1. The average Bonchev–Trinajstić information content (AvgIpc) is 2.84. The van der Waals surface area contributed by atoms with Crippen LogP contribution in [0.5, 0.6) is 0 Å². The molecule has 0 unspecified atom stereocenters. The van der Waals surface area contributed by atoms with E-state index in [4.69, 9.17) is 5.11 Å². The Hall–Kier alpha value is -1.71. The summed E-state index contributed by atoms with van der Waals surface area (Å²) in [4.78, 5) is 14.8. The van der Waals surface area contributed by atoms with Gasteiger partial charge in [-0.05, 0) is 6.42 Å². The van der Waals surface area contributed by atoms with Crippen LogP contribution in [0.2, 0.25) is 0 Å². The predicted octanol–water partition coefficient (Wildman–Crippen LogP) is 2.07. The Morgan fingerprint density at radius 3 is 2.62 bits per heavy atom. The lowest BCUT2D eigenvalue weighted by atomic mass is 10.3. The van der Waals surface area contributed by atoms with Gasteiger partial charge >= 0.3 is 12.1 Å². The molecule has 0 fully saturated rings. The number of nitrogens with zero attached hydrogens (tertiary/aromatic N) is 4. The van der Waals surface area contributed by atoms with E-state index in [2.05, 4.69) is 10.1 Å². The number of fused-ring (bicyclic) bond motifs is 1. The number of thioether (sulfide) groups is 1. The lowest BCUT2D eigenvalue weighted by Gasteiger charge is -2.11. The number of imidazole rings is 1. The van der Waals surface area contributed by atoms with Crippen LogP contribution in [0.1, 0.15) is 12.6 Å². The van der Waals surface area contributed by atoms with E-state index in [1.807, 2.05) is 6.92 Å². The van der Waals surface area contributed by atoms with Crippen molar-refractivity contribution >= 4 is 28.9 Å². The van der Waals surface area contributed by atoms with Gasteiger partial charge in [-0.1, -0.05) is 18.7 Å². The molecule has 6 nitrogen and oxygen atoms in total. The van der Waals surface area contributed by atoms with Gasteiger partial charge < -0.3 is 5.11 Å². The zero-order valence-corrected chi connectivity index (χ0v) is 12.1. The minimum absolute atomic E-state index is 0.0347. The van der Waals surface area contributed by atoms with Crippen LogP contribution in [0.25, 0.3) is 11.2 Å². The number of rotatable bonds is 5. The fraction of sp³-hybridized carbons (Fsp3) is 0.545. The largest absolute Gasteiger partial charge is 0.481 e. The zero-order chi connectivity index (χ0) is 15.8. The van der Waals surface area contributed by atoms with Crippen molar-refractivity contribution in [3.63, 3.8) is 0 Å². The molecule has 0 saturated heterocycles. The van der Waals surface area contributed by atoms with E-state index in [1.165, 1.54) is 4.68 Å². The molecule has 0 spiro atoms. The number of carbonyl (C=O) groups is 1. The Balaban J connectivity index is 2.54. The first-order chi connectivity index (χ1) is 9.73. The first-order valence-corrected chi connectivity index (χ1v) is 7.05. The highest BCUT2D eigenvalue weighted by molar-refractivity contribution is 7.99. The van der Waals surface area contributed by atoms with Crippen molar-refractivity contribution in [2.75, 3.05) is 5.75 Å². The quantitative estimate of drug-likeness (QED) is 0.853. The summed E-state index contributed by atoms with van der Waals surface area (Å²) < 4.78 is 40.5. The second kappa shape index (κ2) is 5.58. The summed E-state index contributed by atoms with van der Waals surface area (Å²) in [5.74, 6) is -1.46. The maximum Gasteiger partial charge on any atom is 0.406 e. The van der Waals surface area contributed by atoms with Crippen LogP contribution in [0.4, 0.5) is 13.2 Å². The summed E-state index contributed by atoms with van der Waals surface area (Å²) in [5, 5.41) is 12.9. The first-order valence-electron chi connectivity index (χ1n) is 6.06. The number of carboxylic acids is 1. The Morgan fingerprint density at radius 1 is 1.43 bits per heavy atom. The van der Waals surface area contributed by atoms with Crippen LogP contribution in [0, 0.1) is 0 Å². The lowest BCUT2D eigenvalue weighted by molar-refractivity contribution is -0.141. The monoisotopic (exact) mass is 322 g/mol. The number of aliphatic carboxylic acids is 1. The molecule has 0 atom stereocenters. The number of aryl methyl sites for hydroxylation is 2. The highest BCUT2D eigenvalue weighted by Crippen LogP contribution is 2.29. The van der Waals surface area contributed by atoms with Crippen molar-refractivity contribution in [1.29, 1.82) is 0 Å². The minimum atomic E-state index is -4.43. The van der Waals surface area contributed by atoms with Gasteiger partial charge in [-0.3, -0.25) is 14.0 Å². The summed E-state index contributed by atoms with van der Waals surface area (Å²) in [6.07, 6.45) is -3.90. The molecular formula is C11H13F3N4O2S. The van der Waals surface area contributed by atoms with E-state index in [9.17, 15) is 18.0 Å². The zero-order valence-electron chi connectivity index (χ0n) is 11.3. The van der Waals surface area contributed by atoms with Crippen LogP contribution in [0.3, 0.4) is 0 Å². The summed E-state index contributed by atoms with van der Waals surface area (Å²) in [7, 11) is 1.54. The molecule has 2 rings (SSSR count). The Kier molecular flexibility index (Phi) is 4.17. The van der Waals surface area contributed by atoms with E-state index >= 15 is 0 Å². The van der Waals surface area contributed by atoms with E-state index in [1.54, 1.807) is 7.05 Å². The molecule has 2 aromatic rings. The fourth-order valence-electron chi connectivity index (χ4n) is 2.02. The van der Waals surface area contributed by atoms with Crippen molar-refractivity contribution in [2.24, 2.45) is 7.05 Å². The highest BCUT2D eigenvalue weighted by atomic mass is 32.2. The van der Waals surface area contributed by atoms with Gasteiger partial charge in [0.25, 0.3) is 0 Å². The molecule has 0 radical (unpaired) electrons. The molecule has 0 bridgehead atoms. The van der Waals surface area contributed by atoms with Gasteiger partial charge in [0.1, 0.15) is 12.1 Å². The van der Waals surface area contributed by atoms with Gasteiger partial charge in [-0.25, -0.2) is 4.98 Å². The molecule has 2 aromatic heterocycles. The van der Waals surface area contributed by atoms with Crippen LogP contribution >= 0.6 is 11.8 Å². The maximum atomic E-state index is 12.7.